The fraction of sp³-hybridized carbons (Fsp3) is 0.875. The van der Waals surface area contributed by atoms with Crippen molar-refractivity contribution in [3.05, 3.63) is 0 Å². The number of hydrogen-bond acceptors (Lipinski definition) is 3. The number of urea groups is 1. The molecule has 126 valence electrons. The second kappa shape index (κ2) is 7.81. The Bertz CT molecular complexity index is 392. The standard InChI is InChI=1S/C16H30N4O2/c1-12(2)10-18-16(22)20-7-3-4-13(11-20)15(21)19-8-5-14(17)6-9-19/h12-14H,3-11,17H2,1-2H3,(H,18,22). The van der Waals surface area contributed by atoms with Crippen LogP contribution in [0.15, 0.2) is 0 Å². The molecule has 2 rings (SSSR count). The smallest absolute Gasteiger partial charge is 0.317 e. The lowest BCUT2D eigenvalue weighted by atomic mass is 9.95. The van der Waals surface area contributed by atoms with E-state index in [-0.39, 0.29) is 23.9 Å². The fourth-order valence-corrected chi connectivity index (χ4v) is 3.14. The maximum Gasteiger partial charge on any atom is 0.317 e. The summed E-state index contributed by atoms with van der Waals surface area (Å²) in [6.45, 7) is 7.64. The summed E-state index contributed by atoms with van der Waals surface area (Å²) in [7, 11) is 0. The van der Waals surface area contributed by atoms with E-state index in [0.29, 0.717) is 19.0 Å². The van der Waals surface area contributed by atoms with Crippen molar-refractivity contribution in [2.75, 3.05) is 32.7 Å². The Balaban J connectivity index is 1.84. The van der Waals surface area contributed by atoms with Crippen LogP contribution in [0.2, 0.25) is 0 Å². The van der Waals surface area contributed by atoms with Gasteiger partial charge >= 0.3 is 6.03 Å². The van der Waals surface area contributed by atoms with Crippen molar-refractivity contribution >= 4 is 11.9 Å². The lowest BCUT2D eigenvalue weighted by Crippen LogP contribution is -2.51. The van der Waals surface area contributed by atoms with Crippen LogP contribution >= 0.6 is 0 Å². The van der Waals surface area contributed by atoms with Gasteiger partial charge in [-0.15, -0.1) is 0 Å². The number of carbonyl (C=O) groups is 2. The zero-order valence-electron chi connectivity index (χ0n) is 13.9. The predicted molar refractivity (Wildman–Crippen MR) is 86.3 cm³/mol. The van der Waals surface area contributed by atoms with Crippen LogP contribution in [0.4, 0.5) is 4.79 Å². The van der Waals surface area contributed by atoms with Gasteiger partial charge in [0.25, 0.3) is 0 Å². The summed E-state index contributed by atoms with van der Waals surface area (Å²) in [5.74, 6) is 0.588. The Morgan fingerprint density at radius 3 is 2.45 bits per heavy atom. The third-order valence-electron chi connectivity index (χ3n) is 4.57. The molecule has 2 heterocycles. The number of likely N-dealkylation sites (tertiary alicyclic amines) is 2. The van der Waals surface area contributed by atoms with Crippen molar-refractivity contribution in [3.8, 4) is 0 Å². The average molecular weight is 310 g/mol. The maximum atomic E-state index is 12.6. The summed E-state index contributed by atoms with van der Waals surface area (Å²) in [5, 5.41) is 2.94. The van der Waals surface area contributed by atoms with E-state index >= 15 is 0 Å². The molecule has 0 aromatic carbocycles. The quantitative estimate of drug-likeness (QED) is 0.816. The zero-order chi connectivity index (χ0) is 16.1. The number of amides is 3. The van der Waals surface area contributed by atoms with Crippen LogP contribution in [-0.2, 0) is 4.79 Å². The highest BCUT2D eigenvalue weighted by molar-refractivity contribution is 5.81. The molecular weight excluding hydrogens is 280 g/mol. The molecule has 22 heavy (non-hydrogen) atoms. The Morgan fingerprint density at radius 2 is 1.82 bits per heavy atom. The normalized spacial score (nSPS) is 23.7. The van der Waals surface area contributed by atoms with Gasteiger partial charge in [0.05, 0.1) is 5.92 Å². The van der Waals surface area contributed by atoms with Gasteiger partial charge in [-0.3, -0.25) is 4.79 Å². The first-order valence-electron chi connectivity index (χ1n) is 8.54. The molecule has 0 bridgehead atoms. The largest absolute Gasteiger partial charge is 0.342 e. The van der Waals surface area contributed by atoms with Gasteiger partial charge in [0.15, 0.2) is 0 Å². The highest BCUT2D eigenvalue weighted by Gasteiger charge is 2.32. The number of nitrogens with two attached hydrogens (primary N) is 1. The molecule has 0 saturated carbocycles. The first kappa shape index (κ1) is 17.1. The number of rotatable bonds is 3. The van der Waals surface area contributed by atoms with E-state index in [1.165, 1.54) is 0 Å². The molecular formula is C16H30N4O2. The molecule has 1 unspecified atom stereocenters. The van der Waals surface area contributed by atoms with Gasteiger partial charge < -0.3 is 20.9 Å². The molecule has 0 aliphatic carbocycles. The van der Waals surface area contributed by atoms with Crippen molar-refractivity contribution < 1.29 is 9.59 Å². The molecule has 2 aliphatic heterocycles. The third-order valence-corrected chi connectivity index (χ3v) is 4.57. The van der Waals surface area contributed by atoms with Crippen molar-refractivity contribution in [2.24, 2.45) is 17.6 Å². The summed E-state index contributed by atoms with van der Waals surface area (Å²) in [6, 6.07) is 0.195. The summed E-state index contributed by atoms with van der Waals surface area (Å²) in [5.41, 5.74) is 5.90. The Morgan fingerprint density at radius 1 is 1.14 bits per heavy atom. The summed E-state index contributed by atoms with van der Waals surface area (Å²) in [4.78, 5) is 28.5. The van der Waals surface area contributed by atoms with Crippen LogP contribution in [0, 0.1) is 11.8 Å². The molecule has 0 aromatic heterocycles. The Hall–Kier alpha value is -1.30. The van der Waals surface area contributed by atoms with E-state index in [4.69, 9.17) is 5.73 Å². The summed E-state index contributed by atoms with van der Waals surface area (Å²) < 4.78 is 0. The third kappa shape index (κ3) is 4.60. The molecule has 2 fully saturated rings. The highest BCUT2D eigenvalue weighted by Crippen LogP contribution is 2.21. The molecule has 0 radical (unpaired) electrons. The van der Waals surface area contributed by atoms with E-state index in [1.54, 1.807) is 4.90 Å². The second-order valence-electron chi connectivity index (χ2n) is 7.03. The summed E-state index contributed by atoms with van der Waals surface area (Å²) in [6.07, 6.45) is 3.56. The average Bonchev–Trinajstić information content (AvgIpc) is 2.52. The van der Waals surface area contributed by atoms with Crippen LogP contribution in [-0.4, -0.2) is 60.5 Å². The van der Waals surface area contributed by atoms with Crippen molar-refractivity contribution in [1.82, 2.24) is 15.1 Å². The van der Waals surface area contributed by atoms with Gasteiger partial charge in [0, 0.05) is 38.8 Å². The van der Waals surface area contributed by atoms with Gasteiger partial charge in [0.1, 0.15) is 0 Å². The van der Waals surface area contributed by atoms with Gasteiger partial charge in [0.2, 0.25) is 5.91 Å². The van der Waals surface area contributed by atoms with E-state index in [2.05, 4.69) is 19.2 Å². The van der Waals surface area contributed by atoms with Crippen LogP contribution in [0.3, 0.4) is 0 Å². The maximum absolute atomic E-state index is 12.6. The van der Waals surface area contributed by atoms with Crippen LogP contribution < -0.4 is 11.1 Å². The van der Waals surface area contributed by atoms with Gasteiger partial charge in [-0.2, -0.15) is 0 Å². The van der Waals surface area contributed by atoms with Crippen LogP contribution in [0.5, 0.6) is 0 Å². The van der Waals surface area contributed by atoms with E-state index in [9.17, 15) is 9.59 Å². The van der Waals surface area contributed by atoms with Gasteiger partial charge in [-0.1, -0.05) is 13.8 Å². The van der Waals surface area contributed by atoms with E-state index in [1.807, 2.05) is 4.90 Å². The molecule has 0 spiro atoms. The number of hydrogen-bond donors (Lipinski definition) is 2. The monoisotopic (exact) mass is 310 g/mol. The Kier molecular flexibility index (Phi) is 6.06. The predicted octanol–water partition coefficient (Wildman–Crippen LogP) is 1.01. The lowest BCUT2D eigenvalue weighted by Gasteiger charge is -2.37. The minimum atomic E-state index is -0.0483. The first-order chi connectivity index (χ1) is 10.5. The van der Waals surface area contributed by atoms with Crippen molar-refractivity contribution in [2.45, 2.75) is 45.6 Å². The first-order valence-corrected chi connectivity index (χ1v) is 8.54. The minimum absolute atomic E-state index is 0.0353. The molecule has 0 aromatic rings. The SMILES string of the molecule is CC(C)CNC(=O)N1CCCC(C(=O)N2CCC(N)CC2)C1. The molecule has 3 amide bonds. The topological polar surface area (TPSA) is 78.7 Å². The number of piperidine rings is 2. The van der Waals surface area contributed by atoms with Crippen molar-refractivity contribution in [1.29, 1.82) is 0 Å². The van der Waals surface area contributed by atoms with E-state index in [0.717, 1.165) is 45.3 Å². The number of nitrogens with zero attached hydrogens (tertiary/aromatic N) is 2. The second-order valence-corrected chi connectivity index (χ2v) is 7.03. The molecule has 2 aliphatic rings. The van der Waals surface area contributed by atoms with Gasteiger partial charge in [-0.05, 0) is 31.6 Å². The van der Waals surface area contributed by atoms with E-state index < -0.39 is 0 Å². The minimum Gasteiger partial charge on any atom is -0.342 e. The number of carbonyl (C=O) groups excluding carboxylic acids is 2. The van der Waals surface area contributed by atoms with Crippen LogP contribution in [0.1, 0.15) is 39.5 Å². The number of nitrogens with one attached hydrogen (secondary N) is 1. The highest BCUT2D eigenvalue weighted by atomic mass is 16.2. The molecule has 2 saturated heterocycles. The van der Waals surface area contributed by atoms with Crippen molar-refractivity contribution in [3.63, 3.8) is 0 Å². The molecule has 3 N–H and O–H groups in total. The molecule has 6 heteroatoms. The molecule has 1 atom stereocenters. The zero-order valence-corrected chi connectivity index (χ0v) is 13.9. The van der Waals surface area contributed by atoms with Gasteiger partial charge in [-0.25, -0.2) is 4.79 Å². The molecule has 6 nitrogen and oxygen atoms in total. The van der Waals surface area contributed by atoms with Crippen LogP contribution in [0.25, 0.3) is 0 Å². The fourth-order valence-electron chi connectivity index (χ4n) is 3.14. The summed E-state index contributed by atoms with van der Waals surface area (Å²) >= 11 is 0. The Labute approximate surface area is 133 Å². The lowest BCUT2D eigenvalue weighted by molar-refractivity contribution is -0.138.